The number of nitrogens with zero attached hydrogens (tertiary/aromatic N) is 2. The number of sulfonamides is 1. The molecule has 0 aliphatic rings. The normalized spacial score (nSPS) is 12.0. The minimum atomic E-state index is -3.62. The fourth-order valence-corrected chi connectivity index (χ4v) is 3.54. The molecule has 0 fully saturated rings. The van der Waals surface area contributed by atoms with Crippen LogP contribution in [0.5, 0.6) is 0 Å². The van der Waals surface area contributed by atoms with Gasteiger partial charge < -0.3 is 10.3 Å². The van der Waals surface area contributed by atoms with Crippen molar-refractivity contribution in [3.8, 4) is 0 Å². The average Bonchev–Trinajstić information content (AvgIpc) is 2.84. The Hall–Kier alpha value is -1.86. The summed E-state index contributed by atoms with van der Waals surface area (Å²) in [7, 11) is -2.11. The lowest BCUT2D eigenvalue weighted by atomic mass is 10.1. The summed E-state index contributed by atoms with van der Waals surface area (Å²) >= 11 is 0. The van der Waals surface area contributed by atoms with Gasteiger partial charge in [-0.05, 0) is 31.0 Å². The van der Waals surface area contributed by atoms with E-state index in [1.807, 2.05) is 6.92 Å². The van der Waals surface area contributed by atoms with Gasteiger partial charge in [-0.2, -0.15) is 4.31 Å². The number of aryl methyl sites for hydroxylation is 2. The van der Waals surface area contributed by atoms with Gasteiger partial charge in [-0.3, -0.25) is 0 Å². The molecule has 7 heteroatoms. The van der Waals surface area contributed by atoms with E-state index < -0.39 is 10.0 Å². The van der Waals surface area contributed by atoms with Crippen molar-refractivity contribution in [1.82, 2.24) is 9.46 Å². The highest BCUT2D eigenvalue weighted by molar-refractivity contribution is 7.89. The quantitative estimate of drug-likeness (QED) is 0.853. The first-order valence-corrected chi connectivity index (χ1v) is 8.05. The molecule has 0 radical (unpaired) electrons. The molecule has 1 aromatic heterocycles. The number of hydrogen-bond acceptors (Lipinski definition) is 5. The second-order valence-electron chi connectivity index (χ2n) is 4.91. The molecule has 0 amide bonds. The van der Waals surface area contributed by atoms with Crippen molar-refractivity contribution in [1.29, 1.82) is 0 Å². The second kappa shape index (κ2) is 5.87. The predicted octanol–water partition coefficient (Wildman–Crippen LogP) is 1.95. The van der Waals surface area contributed by atoms with Gasteiger partial charge in [0.05, 0.1) is 17.1 Å². The molecule has 0 saturated carbocycles. The molecule has 0 atom stereocenters. The zero-order chi connectivity index (χ0) is 15.6. The van der Waals surface area contributed by atoms with Gasteiger partial charge in [-0.25, -0.2) is 8.42 Å². The largest absolute Gasteiger partial charge is 0.399 e. The number of nitrogen functional groups attached to an aromatic ring is 1. The first kappa shape index (κ1) is 15.5. The van der Waals surface area contributed by atoms with E-state index in [1.54, 1.807) is 25.1 Å². The Morgan fingerprint density at radius 1 is 1.33 bits per heavy atom. The molecule has 114 valence electrons. The third-order valence-electron chi connectivity index (χ3n) is 3.22. The standard InChI is InChI=1S/C14H19N3O3S/c1-4-11-5-6-12(15)8-14(11)21(18,19)17(3)9-13-7-10(2)20-16-13/h5-8H,4,9,15H2,1-3H3. The van der Waals surface area contributed by atoms with Crippen LogP contribution in [-0.2, 0) is 23.0 Å². The van der Waals surface area contributed by atoms with Crippen LogP contribution in [-0.4, -0.2) is 24.9 Å². The van der Waals surface area contributed by atoms with Crippen molar-refractivity contribution in [2.75, 3.05) is 12.8 Å². The predicted molar refractivity (Wildman–Crippen MR) is 80.1 cm³/mol. The maximum Gasteiger partial charge on any atom is 0.243 e. The molecule has 21 heavy (non-hydrogen) atoms. The summed E-state index contributed by atoms with van der Waals surface area (Å²) in [6.07, 6.45) is 0.617. The molecule has 2 aromatic rings. The van der Waals surface area contributed by atoms with Crippen molar-refractivity contribution in [3.05, 3.63) is 41.3 Å². The van der Waals surface area contributed by atoms with Crippen molar-refractivity contribution < 1.29 is 12.9 Å². The molecule has 2 rings (SSSR count). The molecule has 0 aliphatic carbocycles. The van der Waals surface area contributed by atoms with Gasteiger partial charge in [-0.1, -0.05) is 18.1 Å². The summed E-state index contributed by atoms with van der Waals surface area (Å²) < 4.78 is 31.6. The number of hydrogen-bond donors (Lipinski definition) is 1. The number of rotatable bonds is 5. The summed E-state index contributed by atoms with van der Waals surface area (Å²) in [6.45, 7) is 3.82. The fraction of sp³-hybridized carbons (Fsp3) is 0.357. The van der Waals surface area contributed by atoms with E-state index in [1.165, 1.54) is 17.4 Å². The molecule has 0 bridgehead atoms. The lowest BCUT2D eigenvalue weighted by molar-refractivity contribution is 0.378. The van der Waals surface area contributed by atoms with E-state index in [4.69, 9.17) is 10.3 Å². The molecule has 0 aliphatic heterocycles. The first-order chi connectivity index (χ1) is 9.84. The lowest BCUT2D eigenvalue weighted by Crippen LogP contribution is -2.27. The second-order valence-corrected chi connectivity index (χ2v) is 6.92. The topological polar surface area (TPSA) is 89.4 Å². The molecular weight excluding hydrogens is 290 g/mol. The van der Waals surface area contributed by atoms with E-state index >= 15 is 0 Å². The van der Waals surface area contributed by atoms with E-state index in [9.17, 15) is 8.42 Å². The number of benzene rings is 1. The van der Waals surface area contributed by atoms with Gasteiger partial charge in [0.25, 0.3) is 0 Å². The van der Waals surface area contributed by atoms with E-state index in [2.05, 4.69) is 5.16 Å². The van der Waals surface area contributed by atoms with Crippen LogP contribution in [0.25, 0.3) is 0 Å². The molecule has 2 N–H and O–H groups in total. The maximum absolute atomic E-state index is 12.7. The molecule has 6 nitrogen and oxygen atoms in total. The number of anilines is 1. The zero-order valence-electron chi connectivity index (χ0n) is 12.3. The van der Waals surface area contributed by atoms with Gasteiger partial charge >= 0.3 is 0 Å². The summed E-state index contributed by atoms with van der Waals surface area (Å²) in [4.78, 5) is 0.243. The Labute approximate surface area is 124 Å². The molecule has 1 heterocycles. The third kappa shape index (κ3) is 3.25. The minimum Gasteiger partial charge on any atom is -0.399 e. The smallest absolute Gasteiger partial charge is 0.243 e. The highest BCUT2D eigenvalue weighted by Gasteiger charge is 2.24. The highest BCUT2D eigenvalue weighted by atomic mass is 32.2. The van der Waals surface area contributed by atoms with Crippen molar-refractivity contribution in [2.24, 2.45) is 0 Å². The van der Waals surface area contributed by atoms with Crippen LogP contribution in [0.2, 0.25) is 0 Å². The van der Waals surface area contributed by atoms with Crippen molar-refractivity contribution in [3.63, 3.8) is 0 Å². The van der Waals surface area contributed by atoms with Gasteiger partial charge in [0.1, 0.15) is 5.76 Å². The summed E-state index contributed by atoms with van der Waals surface area (Å²) in [5, 5.41) is 3.82. The van der Waals surface area contributed by atoms with Crippen LogP contribution >= 0.6 is 0 Å². The van der Waals surface area contributed by atoms with Gasteiger partial charge in [0.15, 0.2) is 0 Å². The lowest BCUT2D eigenvalue weighted by Gasteiger charge is -2.18. The molecule has 1 aromatic carbocycles. The van der Waals surface area contributed by atoms with Crippen molar-refractivity contribution >= 4 is 15.7 Å². The molecule has 0 unspecified atom stereocenters. The van der Waals surface area contributed by atoms with E-state index in [0.29, 0.717) is 23.6 Å². The van der Waals surface area contributed by atoms with Crippen LogP contribution in [0.1, 0.15) is 23.9 Å². The Bertz CT molecular complexity index is 738. The Kier molecular flexibility index (Phi) is 4.34. The van der Waals surface area contributed by atoms with Gasteiger partial charge in [-0.15, -0.1) is 0 Å². The van der Waals surface area contributed by atoms with Crippen LogP contribution in [0.3, 0.4) is 0 Å². The van der Waals surface area contributed by atoms with Gasteiger partial charge in [0.2, 0.25) is 10.0 Å². The third-order valence-corrected chi connectivity index (χ3v) is 5.11. The summed E-state index contributed by atoms with van der Waals surface area (Å²) in [5.41, 5.74) is 7.46. The molecule has 0 saturated heterocycles. The van der Waals surface area contributed by atoms with E-state index in [-0.39, 0.29) is 11.4 Å². The van der Waals surface area contributed by atoms with Gasteiger partial charge in [0, 0.05) is 18.8 Å². The van der Waals surface area contributed by atoms with E-state index in [0.717, 1.165) is 5.56 Å². The Morgan fingerprint density at radius 3 is 2.62 bits per heavy atom. The SMILES string of the molecule is CCc1ccc(N)cc1S(=O)(=O)N(C)Cc1cc(C)on1. The first-order valence-electron chi connectivity index (χ1n) is 6.61. The molecular formula is C14H19N3O3S. The monoisotopic (exact) mass is 309 g/mol. The van der Waals surface area contributed by atoms with Crippen LogP contribution in [0.4, 0.5) is 5.69 Å². The highest BCUT2D eigenvalue weighted by Crippen LogP contribution is 2.23. The van der Waals surface area contributed by atoms with Crippen molar-refractivity contribution in [2.45, 2.75) is 31.7 Å². The van der Waals surface area contributed by atoms with Crippen LogP contribution < -0.4 is 5.73 Å². The zero-order valence-corrected chi connectivity index (χ0v) is 13.1. The maximum atomic E-state index is 12.7. The van der Waals surface area contributed by atoms with Crippen LogP contribution in [0.15, 0.2) is 33.7 Å². The number of aromatic nitrogens is 1. The Balaban J connectivity index is 2.35. The molecule has 0 spiro atoms. The summed E-state index contributed by atoms with van der Waals surface area (Å²) in [6, 6.07) is 6.67. The summed E-state index contributed by atoms with van der Waals surface area (Å²) in [5.74, 6) is 0.647. The Morgan fingerprint density at radius 2 is 2.05 bits per heavy atom. The average molecular weight is 309 g/mol. The van der Waals surface area contributed by atoms with Crippen LogP contribution in [0, 0.1) is 6.92 Å². The minimum absolute atomic E-state index is 0.150. The number of nitrogens with two attached hydrogens (primary N) is 1. The fourth-order valence-electron chi connectivity index (χ4n) is 2.08.